The van der Waals surface area contributed by atoms with Crippen molar-refractivity contribution in [2.45, 2.75) is 45.8 Å². The first-order chi connectivity index (χ1) is 9.90. The molecule has 0 spiro atoms. The van der Waals surface area contributed by atoms with Crippen molar-refractivity contribution in [2.24, 2.45) is 5.73 Å². The van der Waals surface area contributed by atoms with Crippen molar-refractivity contribution >= 4 is 11.6 Å². The lowest BCUT2D eigenvalue weighted by Gasteiger charge is -2.23. The molecular weight excluding hydrogens is 286 g/mol. The third kappa shape index (κ3) is 3.60. The summed E-state index contributed by atoms with van der Waals surface area (Å²) < 4.78 is 11.6. The Labute approximate surface area is 131 Å². The zero-order valence-corrected chi connectivity index (χ0v) is 13.6. The topological polar surface area (TPSA) is 48.4 Å². The van der Waals surface area contributed by atoms with Crippen LogP contribution in [0.25, 0.3) is 0 Å². The third-order valence-corrected chi connectivity index (χ3v) is 3.80. The SMILES string of the molecule is Cc1cc(Cl)c(C(C)C)cc1OC(c1ccco1)C(C)N. The molecule has 0 aliphatic carbocycles. The first-order valence-corrected chi connectivity index (χ1v) is 7.53. The van der Waals surface area contributed by atoms with E-state index in [0.29, 0.717) is 5.92 Å². The van der Waals surface area contributed by atoms with E-state index in [4.69, 9.17) is 26.5 Å². The Morgan fingerprint density at radius 3 is 2.48 bits per heavy atom. The van der Waals surface area contributed by atoms with Gasteiger partial charge in [-0.05, 0) is 55.2 Å². The first-order valence-electron chi connectivity index (χ1n) is 7.15. The van der Waals surface area contributed by atoms with Crippen LogP contribution in [0, 0.1) is 6.92 Å². The number of furan rings is 1. The molecule has 0 saturated heterocycles. The summed E-state index contributed by atoms with van der Waals surface area (Å²) in [6.45, 7) is 8.10. The Morgan fingerprint density at radius 1 is 1.24 bits per heavy atom. The molecule has 1 heterocycles. The number of benzene rings is 1. The summed E-state index contributed by atoms with van der Waals surface area (Å²) in [7, 11) is 0. The van der Waals surface area contributed by atoms with E-state index in [1.54, 1.807) is 6.26 Å². The molecule has 2 N–H and O–H groups in total. The van der Waals surface area contributed by atoms with Crippen molar-refractivity contribution in [1.82, 2.24) is 0 Å². The van der Waals surface area contributed by atoms with Gasteiger partial charge < -0.3 is 14.9 Å². The molecule has 0 aliphatic rings. The van der Waals surface area contributed by atoms with E-state index >= 15 is 0 Å². The Hall–Kier alpha value is -1.45. The molecule has 0 radical (unpaired) electrons. The predicted molar refractivity (Wildman–Crippen MR) is 86.0 cm³/mol. The molecule has 2 unspecified atom stereocenters. The van der Waals surface area contributed by atoms with Gasteiger partial charge in [0, 0.05) is 11.1 Å². The fourth-order valence-corrected chi connectivity index (χ4v) is 2.69. The van der Waals surface area contributed by atoms with Crippen LogP contribution >= 0.6 is 11.6 Å². The normalized spacial score (nSPS) is 14.2. The third-order valence-electron chi connectivity index (χ3n) is 3.47. The molecule has 4 heteroatoms. The molecule has 0 bridgehead atoms. The number of hydrogen-bond donors (Lipinski definition) is 1. The average Bonchev–Trinajstić information content (AvgIpc) is 2.90. The number of ether oxygens (including phenoxy) is 1. The van der Waals surface area contributed by atoms with E-state index in [1.807, 2.05) is 38.1 Å². The summed E-state index contributed by atoms with van der Waals surface area (Å²) in [4.78, 5) is 0. The fourth-order valence-electron chi connectivity index (χ4n) is 2.25. The summed E-state index contributed by atoms with van der Waals surface area (Å²) in [6, 6.07) is 7.46. The van der Waals surface area contributed by atoms with Gasteiger partial charge in [0.2, 0.25) is 0 Å². The van der Waals surface area contributed by atoms with Crippen molar-refractivity contribution in [3.63, 3.8) is 0 Å². The molecule has 1 aromatic carbocycles. The van der Waals surface area contributed by atoms with Gasteiger partial charge >= 0.3 is 0 Å². The van der Waals surface area contributed by atoms with E-state index in [2.05, 4.69) is 13.8 Å². The Kier molecular flexibility index (Phi) is 4.96. The second-order valence-electron chi connectivity index (χ2n) is 5.71. The van der Waals surface area contributed by atoms with Gasteiger partial charge in [-0.25, -0.2) is 0 Å². The van der Waals surface area contributed by atoms with Gasteiger partial charge in [0.15, 0.2) is 6.10 Å². The van der Waals surface area contributed by atoms with Crippen molar-refractivity contribution in [1.29, 1.82) is 0 Å². The van der Waals surface area contributed by atoms with E-state index in [0.717, 1.165) is 27.7 Å². The predicted octanol–water partition coefficient (Wildman–Crippen LogP) is 4.83. The van der Waals surface area contributed by atoms with Crippen LogP contribution in [0.5, 0.6) is 5.75 Å². The molecule has 0 aliphatic heterocycles. The zero-order valence-electron chi connectivity index (χ0n) is 12.9. The minimum atomic E-state index is -0.320. The lowest BCUT2D eigenvalue weighted by molar-refractivity contribution is 0.152. The van der Waals surface area contributed by atoms with Crippen molar-refractivity contribution < 1.29 is 9.15 Å². The van der Waals surface area contributed by atoms with Crippen LogP contribution in [0.2, 0.25) is 5.02 Å². The minimum absolute atomic E-state index is 0.186. The number of nitrogens with two attached hydrogens (primary N) is 1. The quantitative estimate of drug-likeness (QED) is 0.860. The summed E-state index contributed by atoms with van der Waals surface area (Å²) in [5.41, 5.74) is 8.10. The Balaban J connectivity index is 2.35. The monoisotopic (exact) mass is 307 g/mol. The molecule has 0 fully saturated rings. The van der Waals surface area contributed by atoms with Gasteiger partial charge in [-0.15, -0.1) is 0 Å². The van der Waals surface area contributed by atoms with Crippen LogP contribution in [0.15, 0.2) is 34.9 Å². The number of aryl methyl sites for hydroxylation is 1. The second-order valence-corrected chi connectivity index (χ2v) is 6.11. The molecule has 3 nitrogen and oxygen atoms in total. The number of hydrogen-bond acceptors (Lipinski definition) is 3. The highest BCUT2D eigenvalue weighted by Gasteiger charge is 2.22. The van der Waals surface area contributed by atoms with Gasteiger partial charge in [-0.3, -0.25) is 0 Å². The second kappa shape index (κ2) is 6.54. The number of rotatable bonds is 5. The van der Waals surface area contributed by atoms with Crippen LogP contribution in [0.4, 0.5) is 0 Å². The van der Waals surface area contributed by atoms with Crippen LogP contribution in [0.1, 0.15) is 49.7 Å². The largest absolute Gasteiger partial charge is 0.481 e. The minimum Gasteiger partial charge on any atom is -0.481 e. The summed E-state index contributed by atoms with van der Waals surface area (Å²) in [5.74, 6) is 1.85. The molecule has 21 heavy (non-hydrogen) atoms. The smallest absolute Gasteiger partial charge is 0.171 e. The molecule has 2 atom stereocenters. The Bertz CT molecular complexity index is 591. The van der Waals surface area contributed by atoms with Crippen molar-refractivity contribution in [3.05, 3.63) is 52.4 Å². The van der Waals surface area contributed by atoms with Gasteiger partial charge in [-0.1, -0.05) is 25.4 Å². The number of halogens is 1. The zero-order chi connectivity index (χ0) is 15.6. The maximum atomic E-state index is 6.30. The lowest BCUT2D eigenvalue weighted by atomic mass is 10.0. The standard InChI is InChI=1S/C17H22ClNO2/c1-10(2)13-9-16(11(3)8-14(13)18)21-17(12(4)19)15-6-5-7-20-15/h5-10,12,17H,19H2,1-4H3. The van der Waals surface area contributed by atoms with E-state index in [9.17, 15) is 0 Å². The first kappa shape index (κ1) is 15.9. The highest BCUT2D eigenvalue weighted by Crippen LogP contribution is 2.34. The maximum Gasteiger partial charge on any atom is 0.171 e. The highest BCUT2D eigenvalue weighted by molar-refractivity contribution is 6.31. The van der Waals surface area contributed by atoms with Crippen molar-refractivity contribution in [3.8, 4) is 5.75 Å². The van der Waals surface area contributed by atoms with Crippen LogP contribution < -0.4 is 10.5 Å². The molecule has 1 aromatic heterocycles. The molecule has 0 amide bonds. The summed E-state index contributed by atoms with van der Waals surface area (Å²) >= 11 is 6.30. The van der Waals surface area contributed by atoms with Gasteiger partial charge in [0.1, 0.15) is 11.5 Å². The Morgan fingerprint density at radius 2 is 1.95 bits per heavy atom. The molecular formula is C17H22ClNO2. The van der Waals surface area contributed by atoms with E-state index in [-0.39, 0.29) is 12.1 Å². The molecule has 2 rings (SSSR count). The van der Waals surface area contributed by atoms with Crippen LogP contribution in [-0.2, 0) is 0 Å². The van der Waals surface area contributed by atoms with Gasteiger partial charge in [-0.2, -0.15) is 0 Å². The highest BCUT2D eigenvalue weighted by atomic mass is 35.5. The van der Waals surface area contributed by atoms with E-state index < -0.39 is 0 Å². The van der Waals surface area contributed by atoms with Gasteiger partial charge in [0.05, 0.1) is 6.26 Å². The van der Waals surface area contributed by atoms with Crippen LogP contribution in [0.3, 0.4) is 0 Å². The molecule has 0 saturated carbocycles. The average molecular weight is 308 g/mol. The fraction of sp³-hybridized carbons (Fsp3) is 0.412. The molecule has 2 aromatic rings. The summed E-state index contributed by atoms with van der Waals surface area (Å²) in [6.07, 6.45) is 1.31. The van der Waals surface area contributed by atoms with Crippen LogP contribution in [-0.4, -0.2) is 6.04 Å². The van der Waals surface area contributed by atoms with Crippen molar-refractivity contribution in [2.75, 3.05) is 0 Å². The summed E-state index contributed by atoms with van der Waals surface area (Å²) in [5, 5.41) is 0.769. The molecule has 114 valence electrons. The lowest BCUT2D eigenvalue weighted by Crippen LogP contribution is -2.29. The van der Waals surface area contributed by atoms with Gasteiger partial charge in [0.25, 0.3) is 0 Å². The van der Waals surface area contributed by atoms with E-state index in [1.165, 1.54) is 0 Å². The maximum absolute atomic E-state index is 6.30.